The van der Waals surface area contributed by atoms with Gasteiger partial charge in [-0.15, -0.1) is 0 Å². The molecule has 1 amide bonds. The van der Waals surface area contributed by atoms with E-state index in [9.17, 15) is 25.1 Å². The summed E-state index contributed by atoms with van der Waals surface area (Å²) in [6.45, 7) is 0. The van der Waals surface area contributed by atoms with Crippen LogP contribution in [0.25, 0.3) is 5.57 Å². The largest absolute Gasteiger partial charge is 0.502 e. The van der Waals surface area contributed by atoms with Crippen LogP contribution < -0.4 is 0 Å². The number of hydrogen-bond donors (Lipinski definition) is 2. The standard InChI is InChI=1S/C14H14N2O5/c17-13-7-8(1-4-12(13)16(20)21)9-5-10-2-3-11(6-9)15(10)14(18)19/h1,4-5,7,10-11,17H,2-3,6H2,(H,18,19). The number of nitro benzene ring substituents is 1. The summed E-state index contributed by atoms with van der Waals surface area (Å²) in [5, 5.41) is 29.6. The first-order valence-corrected chi connectivity index (χ1v) is 6.67. The molecule has 1 fully saturated rings. The number of rotatable bonds is 2. The summed E-state index contributed by atoms with van der Waals surface area (Å²) < 4.78 is 0. The highest BCUT2D eigenvalue weighted by Gasteiger charge is 2.39. The van der Waals surface area contributed by atoms with Gasteiger partial charge in [0.05, 0.1) is 11.0 Å². The Balaban J connectivity index is 1.92. The molecule has 3 rings (SSSR count). The normalized spacial score (nSPS) is 23.8. The second-order valence-electron chi connectivity index (χ2n) is 5.34. The SMILES string of the molecule is O=C(O)N1C2C=C(c3ccc([N+](=O)[O-])c(O)c3)CC1CC2. The van der Waals surface area contributed by atoms with E-state index in [4.69, 9.17) is 0 Å². The Kier molecular flexibility index (Phi) is 3.04. The Morgan fingerprint density at radius 3 is 2.71 bits per heavy atom. The third-order valence-electron chi connectivity index (χ3n) is 4.16. The van der Waals surface area contributed by atoms with Crippen LogP contribution in [0.1, 0.15) is 24.8 Å². The van der Waals surface area contributed by atoms with Crippen molar-refractivity contribution < 1.29 is 19.9 Å². The maximum atomic E-state index is 11.2. The number of carboxylic acid groups (broad SMARTS) is 1. The van der Waals surface area contributed by atoms with Gasteiger partial charge in [-0.3, -0.25) is 15.0 Å². The molecule has 1 aromatic rings. The maximum Gasteiger partial charge on any atom is 0.408 e. The summed E-state index contributed by atoms with van der Waals surface area (Å²) in [6, 6.07) is 4.05. The van der Waals surface area contributed by atoms with Gasteiger partial charge in [0.15, 0.2) is 5.75 Å². The van der Waals surface area contributed by atoms with Crippen molar-refractivity contribution in [3.63, 3.8) is 0 Å². The molecule has 2 aliphatic heterocycles. The number of benzene rings is 1. The number of carbonyl (C=O) groups is 1. The first kappa shape index (κ1) is 13.4. The van der Waals surface area contributed by atoms with Crippen LogP contribution in [0.4, 0.5) is 10.5 Å². The average Bonchev–Trinajstić information content (AvgIpc) is 2.69. The molecule has 0 radical (unpaired) electrons. The lowest BCUT2D eigenvalue weighted by Crippen LogP contribution is -2.41. The van der Waals surface area contributed by atoms with Crippen LogP contribution >= 0.6 is 0 Å². The fourth-order valence-corrected chi connectivity index (χ4v) is 3.22. The lowest BCUT2D eigenvalue weighted by Gasteiger charge is -2.31. The van der Waals surface area contributed by atoms with Gasteiger partial charge in [-0.05, 0) is 42.5 Å². The molecule has 0 aromatic heterocycles. The molecule has 0 spiro atoms. The minimum absolute atomic E-state index is 0.0511. The fraction of sp³-hybridized carbons (Fsp3) is 0.357. The first-order chi connectivity index (χ1) is 9.97. The van der Waals surface area contributed by atoms with Gasteiger partial charge in [-0.2, -0.15) is 0 Å². The van der Waals surface area contributed by atoms with Crippen molar-refractivity contribution in [3.8, 4) is 5.75 Å². The van der Waals surface area contributed by atoms with Gasteiger partial charge in [0.1, 0.15) is 0 Å². The Bertz CT molecular complexity index is 655. The summed E-state index contributed by atoms with van der Waals surface area (Å²) in [6.07, 6.45) is 3.15. The highest BCUT2D eigenvalue weighted by atomic mass is 16.6. The van der Waals surface area contributed by atoms with Gasteiger partial charge in [0, 0.05) is 12.1 Å². The smallest absolute Gasteiger partial charge is 0.408 e. The molecule has 7 heteroatoms. The van der Waals surface area contributed by atoms with E-state index in [2.05, 4.69) is 0 Å². The third-order valence-corrected chi connectivity index (χ3v) is 4.16. The Hall–Kier alpha value is -2.57. The molecular weight excluding hydrogens is 276 g/mol. The molecule has 7 nitrogen and oxygen atoms in total. The molecule has 2 bridgehead atoms. The van der Waals surface area contributed by atoms with Gasteiger partial charge in [-0.25, -0.2) is 4.79 Å². The van der Waals surface area contributed by atoms with Crippen molar-refractivity contribution in [2.45, 2.75) is 31.3 Å². The number of amides is 1. The molecule has 110 valence electrons. The fourth-order valence-electron chi connectivity index (χ4n) is 3.22. The molecule has 0 saturated carbocycles. The van der Waals surface area contributed by atoms with Crippen molar-refractivity contribution in [2.75, 3.05) is 0 Å². The molecule has 2 heterocycles. The summed E-state index contributed by atoms with van der Waals surface area (Å²) in [7, 11) is 0. The van der Waals surface area contributed by atoms with E-state index in [1.165, 1.54) is 17.0 Å². The maximum absolute atomic E-state index is 11.2. The Morgan fingerprint density at radius 1 is 1.38 bits per heavy atom. The highest BCUT2D eigenvalue weighted by molar-refractivity contribution is 5.75. The predicted molar refractivity (Wildman–Crippen MR) is 74.0 cm³/mol. The molecule has 2 N–H and O–H groups in total. The van der Waals surface area contributed by atoms with Crippen LogP contribution in [-0.4, -0.2) is 38.2 Å². The van der Waals surface area contributed by atoms with Gasteiger partial charge >= 0.3 is 11.8 Å². The summed E-state index contributed by atoms with van der Waals surface area (Å²) >= 11 is 0. The van der Waals surface area contributed by atoms with Gasteiger partial charge in [-0.1, -0.05) is 6.08 Å². The molecule has 2 atom stereocenters. The van der Waals surface area contributed by atoms with E-state index in [0.717, 1.165) is 18.4 Å². The molecule has 2 unspecified atom stereocenters. The van der Waals surface area contributed by atoms with Crippen LogP contribution in [0.5, 0.6) is 5.75 Å². The molecule has 21 heavy (non-hydrogen) atoms. The Labute approximate surface area is 120 Å². The van der Waals surface area contributed by atoms with Gasteiger partial charge < -0.3 is 10.2 Å². The lowest BCUT2D eigenvalue weighted by atomic mass is 9.94. The van der Waals surface area contributed by atoms with Crippen molar-refractivity contribution in [1.29, 1.82) is 0 Å². The van der Waals surface area contributed by atoms with Gasteiger partial charge in [0.25, 0.3) is 0 Å². The highest BCUT2D eigenvalue weighted by Crippen LogP contribution is 2.40. The summed E-state index contributed by atoms with van der Waals surface area (Å²) in [5.74, 6) is -0.369. The predicted octanol–water partition coefficient (Wildman–Crippen LogP) is 2.60. The topological polar surface area (TPSA) is 104 Å². The number of nitrogens with zero attached hydrogens (tertiary/aromatic N) is 2. The van der Waals surface area contributed by atoms with Crippen LogP contribution in [0.2, 0.25) is 0 Å². The van der Waals surface area contributed by atoms with E-state index in [1.54, 1.807) is 6.07 Å². The van der Waals surface area contributed by atoms with E-state index < -0.39 is 11.0 Å². The van der Waals surface area contributed by atoms with E-state index in [1.807, 2.05) is 6.08 Å². The number of nitro groups is 1. The van der Waals surface area contributed by atoms with Crippen molar-refractivity contribution in [3.05, 3.63) is 40.0 Å². The van der Waals surface area contributed by atoms with Crippen molar-refractivity contribution in [1.82, 2.24) is 4.90 Å². The average molecular weight is 290 g/mol. The first-order valence-electron chi connectivity index (χ1n) is 6.67. The summed E-state index contributed by atoms with van der Waals surface area (Å²) in [5.41, 5.74) is 1.32. The van der Waals surface area contributed by atoms with E-state index >= 15 is 0 Å². The molecule has 1 aromatic carbocycles. The number of phenols is 1. The van der Waals surface area contributed by atoms with Crippen molar-refractivity contribution in [2.24, 2.45) is 0 Å². The zero-order valence-corrected chi connectivity index (χ0v) is 11.1. The molecule has 1 saturated heterocycles. The number of phenolic OH excluding ortho intramolecular Hbond substituents is 1. The zero-order chi connectivity index (χ0) is 15.1. The van der Waals surface area contributed by atoms with Crippen molar-refractivity contribution >= 4 is 17.4 Å². The number of hydrogen-bond acceptors (Lipinski definition) is 4. The molecule has 2 aliphatic rings. The number of fused-ring (bicyclic) bond motifs is 2. The third kappa shape index (κ3) is 2.20. The van der Waals surface area contributed by atoms with Crippen LogP contribution in [0.15, 0.2) is 24.3 Å². The van der Waals surface area contributed by atoms with Gasteiger partial charge in [0.2, 0.25) is 0 Å². The van der Waals surface area contributed by atoms with E-state index in [0.29, 0.717) is 12.0 Å². The molecular formula is C14H14N2O5. The quantitative estimate of drug-likeness (QED) is 0.643. The van der Waals surface area contributed by atoms with Crippen LogP contribution in [0.3, 0.4) is 0 Å². The molecule has 0 aliphatic carbocycles. The van der Waals surface area contributed by atoms with E-state index in [-0.39, 0.29) is 23.5 Å². The monoisotopic (exact) mass is 290 g/mol. The minimum Gasteiger partial charge on any atom is -0.502 e. The van der Waals surface area contributed by atoms with Crippen LogP contribution in [-0.2, 0) is 0 Å². The second-order valence-corrected chi connectivity index (χ2v) is 5.34. The zero-order valence-electron chi connectivity index (χ0n) is 11.1. The minimum atomic E-state index is -0.913. The number of aromatic hydroxyl groups is 1. The Morgan fingerprint density at radius 2 is 2.14 bits per heavy atom. The lowest BCUT2D eigenvalue weighted by molar-refractivity contribution is -0.385. The van der Waals surface area contributed by atoms with Crippen LogP contribution in [0, 0.1) is 10.1 Å². The second kappa shape index (κ2) is 4.76. The summed E-state index contributed by atoms with van der Waals surface area (Å²) in [4.78, 5) is 22.7.